The summed E-state index contributed by atoms with van der Waals surface area (Å²) in [4.78, 5) is 16.9. The van der Waals surface area contributed by atoms with Crippen molar-refractivity contribution in [1.82, 2.24) is 9.55 Å². The van der Waals surface area contributed by atoms with Gasteiger partial charge in [-0.05, 0) is 30.3 Å². The molecule has 0 radical (unpaired) electrons. The maximum Gasteiger partial charge on any atom is 0.262 e. The molecule has 0 aliphatic carbocycles. The first-order valence-electron chi connectivity index (χ1n) is 7.03. The van der Waals surface area contributed by atoms with Gasteiger partial charge in [-0.2, -0.15) is 5.26 Å². The van der Waals surface area contributed by atoms with Gasteiger partial charge >= 0.3 is 0 Å². The highest BCUT2D eigenvalue weighted by atomic mass is 35.5. The number of hydrogen-bond donors (Lipinski definition) is 0. The van der Waals surface area contributed by atoms with E-state index in [4.69, 9.17) is 21.6 Å². The van der Waals surface area contributed by atoms with Gasteiger partial charge in [-0.1, -0.05) is 23.7 Å². The summed E-state index contributed by atoms with van der Waals surface area (Å²) in [6, 6.07) is 12.5. The molecular weight excluding hydrogens is 333 g/mol. The van der Waals surface area contributed by atoms with E-state index in [1.807, 2.05) is 6.07 Å². The summed E-state index contributed by atoms with van der Waals surface area (Å²) in [5.74, 6) is 0.0854. The summed E-state index contributed by atoms with van der Waals surface area (Å²) in [6.07, 6.45) is 0. The van der Waals surface area contributed by atoms with Crippen LogP contribution in [0.1, 0.15) is 5.82 Å². The molecular formula is C17H11ClFN3O2. The molecule has 120 valence electrons. The van der Waals surface area contributed by atoms with E-state index >= 15 is 0 Å². The molecule has 0 fully saturated rings. The SMILES string of the molecule is N#CCn1c(COc2ccc(F)cc2Cl)nc2ccccc2c1=O. The lowest BCUT2D eigenvalue weighted by Crippen LogP contribution is -2.26. The monoisotopic (exact) mass is 343 g/mol. The number of aromatic nitrogens is 2. The zero-order valence-electron chi connectivity index (χ0n) is 12.4. The Hall–Kier alpha value is -2.91. The molecule has 2 aromatic carbocycles. The van der Waals surface area contributed by atoms with Crippen LogP contribution in [0.25, 0.3) is 10.9 Å². The summed E-state index contributed by atoms with van der Waals surface area (Å²) in [5, 5.41) is 9.50. The van der Waals surface area contributed by atoms with Crippen molar-refractivity contribution in [2.75, 3.05) is 0 Å². The van der Waals surface area contributed by atoms with Crippen molar-refractivity contribution in [1.29, 1.82) is 5.26 Å². The van der Waals surface area contributed by atoms with Gasteiger partial charge in [-0.15, -0.1) is 0 Å². The Balaban J connectivity index is 2.00. The number of rotatable bonds is 4. The van der Waals surface area contributed by atoms with E-state index in [2.05, 4.69) is 4.98 Å². The number of hydrogen-bond acceptors (Lipinski definition) is 4. The van der Waals surface area contributed by atoms with Crippen molar-refractivity contribution in [2.24, 2.45) is 0 Å². The summed E-state index contributed by atoms with van der Waals surface area (Å²) < 4.78 is 19.9. The van der Waals surface area contributed by atoms with E-state index < -0.39 is 5.82 Å². The number of benzene rings is 2. The topological polar surface area (TPSA) is 67.9 Å². The molecule has 0 aliphatic heterocycles. The minimum Gasteiger partial charge on any atom is -0.484 e. The second-order valence-corrected chi connectivity index (χ2v) is 5.37. The average Bonchev–Trinajstić information content (AvgIpc) is 2.57. The Morgan fingerprint density at radius 1 is 1.29 bits per heavy atom. The molecule has 24 heavy (non-hydrogen) atoms. The lowest BCUT2D eigenvalue weighted by Gasteiger charge is -2.12. The van der Waals surface area contributed by atoms with E-state index in [0.717, 1.165) is 6.07 Å². The highest BCUT2D eigenvalue weighted by molar-refractivity contribution is 6.32. The van der Waals surface area contributed by atoms with E-state index in [-0.39, 0.29) is 29.5 Å². The molecule has 0 saturated carbocycles. The van der Waals surface area contributed by atoms with Gasteiger partial charge in [0, 0.05) is 0 Å². The number of nitrogens with zero attached hydrogens (tertiary/aromatic N) is 3. The van der Waals surface area contributed by atoms with Gasteiger partial charge < -0.3 is 4.74 Å². The molecule has 3 rings (SSSR count). The number of nitriles is 1. The van der Waals surface area contributed by atoms with Crippen LogP contribution < -0.4 is 10.3 Å². The lowest BCUT2D eigenvalue weighted by molar-refractivity contribution is 0.288. The van der Waals surface area contributed by atoms with Crippen LogP contribution in [0.3, 0.4) is 0 Å². The Morgan fingerprint density at radius 2 is 2.08 bits per heavy atom. The second kappa shape index (κ2) is 6.69. The van der Waals surface area contributed by atoms with Crippen LogP contribution in [-0.2, 0) is 13.2 Å². The minimum atomic E-state index is -0.474. The predicted octanol–water partition coefficient (Wildman–Crippen LogP) is 3.29. The van der Waals surface area contributed by atoms with E-state index in [9.17, 15) is 9.18 Å². The summed E-state index contributed by atoms with van der Waals surface area (Å²) in [5.41, 5.74) is 0.200. The first-order chi connectivity index (χ1) is 11.6. The molecule has 1 aromatic heterocycles. The lowest BCUT2D eigenvalue weighted by atomic mass is 10.2. The van der Waals surface area contributed by atoms with Gasteiger partial charge in [0.2, 0.25) is 0 Å². The van der Waals surface area contributed by atoms with Crippen LogP contribution in [0.15, 0.2) is 47.3 Å². The predicted molar refractivity (Wildman–Crippen MR) is 87.4 cm³/mol. The van der Waals surface area contributed by atoms with Crippen molar-refractivity contribution in [2.45, 2.75) is 13.2 Å². The molecule has 0 amide bonds. The maximum atomic E-state index is 13.1. The van der Waals surface area contributed by atoms with Gasteiger partial charge in [-0.3, -0.25) is 9.36 Å². The smallest absolute Gasteiger partial charge is 0.262 e. The van der Waals surface area contributed by atoms with Gasteiger partial charge in [0.1, 0.15) is 24.7 Å². The van der Waals surface area contributed by atoms with E-state index in [1.54, 1.807) is 24.3 Å². The second-order valence-electron chi connectivity index (χ2n) is 4.96. The fourth-order valence-electron chi connectivity index (χ4n) is 2.29. The number of fused-ring (bicyclic) bond motifs is 1. The van der Waals surface area contributed by atoms with Gasteiger partial charge in [-0.25, -0.2) is 9.37 Å². The van der Waals surface area contributed by atoms with E-state index in [1.165, 1.54) is 16.7 Å². The Morgan fingerprint density at radius 3 is 2.83 bits per heavy atom. The quantitative estimate of drug-likeness (QED) is 0.729. The summed E-state index contributed by atoms with van der Waals surface area (Å²) >= 11 is 5.92. The van der Waals surface area contributed by atoms with Crippen LogP contribution in [-0.4, -0.2) is 9.55 Å². The van der Waals surface area contributed by atoms with Gasteiger partial charge in [0.15, 0.2) is 5.82 Å². The zero-order valence-corrected chi connectivity index (χ0v) is 13.1. The largest absolute Gasteiger partial charge is 0.484 e. The van der Waals surface area contributed by atoms with E-state index in [0.29, 0.717) is 16.7 Å². The molecule has 0 saturated heterocycles. The summed E-state index contributed by atoms with van der Waals surface area (Å²) in [7, 11) is 0. The Bertz CT molecular complexity index is 1010. The fraction of sp³-hybridized carbons (Fsp3) is 0.118. The number of para-hydroxylation sites is 1. The average molecular weight is 344 g/mol. The van der Waals surface area contributed by atoms with Crippen molar-refractivity contribution in [3.63, 3.8) is 0 Å². The first kappa shape index (κ1) is 16.0. The standard InChI is InChI=1S/C17H11ClFN3O2/c18-13-9-11(19)5-6-15(13)24-10-16-21-14-4-2-1-3-12(14)17(23)22(16)8-7-20/h1-6,9H,8,10H2. The fourth-order valence-corrected chi connectivity index (χ4v) is 2.51. The molecule has 3 aromatic rings. The van der Waals surface area contributed by atoms with Crippen LogP contribution in [0, 0.1) is 17.1 Å². The zero-order chi connectivity index (χ0) is 17.1. The highest BCUT2D eigenvalue weighted by Gasteiger charge is 2.12. The van der Waals surface area contributed by atoms with Crippen LogP contribution in [0.2, 0.25) is 5.02 Å². The van der Waals surface area contributed by atoms with Crippen LogP contribution >= 0.6 is 11.6 Å². The van der Waals surface area contributed by atoms with Crippen LogP contribution in [0.5, 0.6) is 5.75 Å². The molecule has 0 bridgehead atoms. The van der Waals surface area contributed by atoms with Crippen molar-refractivity contribution in [3.05, 3.63) is 69.5 Å². The molecule has 5 nitrogen and oxygen atoms in total. The molecule has 0 aliphatic rings. The third-order valence-electron chi connectivity index (χ3n) is 3.42. The first-order valence-corrected chi connectivity index (χ1v) is 7.41. The maximum absolute atomic E-state index is 13.1. The van der Waals surface area contributed by atoms with Crippen LogP contribution in [0.4, 0.5) is 4.39 Å². The molecule has 0 unspecified atom stereocenters. The third kappa shape index (κ3) is 3.07. The Kier molecular flexibility index (Phi) is 4.45. The Labute approximate surface area is 141 Å². The van der Waals surface area contributed by atoms with Gasteiger partial charge in [0.25, 0.3) is 5.56 Å². The molecule has 0 atom stereocenters. The van der Waals surface area contributed by atoms with Crippen molar-refractivity contribution >= 4 is 22.5 Å². The third-order valence-corrected chi connectivity index (χ3v) is 3.72. The van der Waals surface area contributed by atoms with Gasteiger partial charge in [0.05, 0.1) is 22.0 Å². The number of ether oxygens (including phenoxy) is 1. The normalized spacial score (nSPS) is 10.5. The minimum absolute atomic E-state index is 0.0763. The molecule has 0 N–H and O–H groups in total. The summed E-state index contributed by atoms with van der Waals surface area (Å²) in [6.45, 7) is -0.223. The van der Waals surface area contributed by atoms with Crippen molar-refractivity contribution in [3.8, 4) is 11.8 Å². The number of halogens is 2. The van der Waals surface area contributed by atoms with Crippen molar-refractivity contribution < 1.29 is 9.13 Å². The molecule has 0 spiro atoms. The molecule has 1 heterocycles. The molecule has 7 heteroatoms. The highest BCUT2D eigenvalue weighted by Crippen LogP contribution is 2.25.